The summed E-state index contributed by atoms with van der Waals surface area (Å²) in [6.45, 7) is 3.94. The van der Waals surface area contributed by atoms with Crippen molar-refractivity contribution in [1.82, 2.24) is 4.98 Å². The molecule has 1 heterocycles. The molecule has 0 bridgehead atoms. The zero-order valence-electron chi connectivity index (χ0n) is 14.0. The lowest BCUT2D eigenvalue weighted by Gasteiger charge is -2.13. The van der Waals surface area contributed by atoms with Crippen molar-refractivity contribution < 1.29 is 4.79 Å². The molecule has 0 aliphatic heterocycles. The van der Waals surface area contributed by atoms with Crippen LogP contribution in [-0.4, -0.2) is 17.1 Å². The number of aromatic nitrogens is 1. The van der Waals surface area contributed by atoms with Crippen LogP contribution in [0.25, 0.3) is 0 Å². The van der Waals surface area contributed by atoms with Crippen LogP contribution >= 0.6 is 11.8 Å². The lowest BCUT2D eigenvalue weighted by atomic mass is 10.1. The van der Waals surface area contributed by atoms with Gasteiger partial charge in [0.25, 0.3) is 5.91 Å². The molecule has 122 valence electrons. The zero-order valence-corrected chi connectivity index (χ0v) is 14.8. The molecule has 2 aromatic rings. The highest BCUT2D eigenvalue weighted by Crippen LogP contribution is 2.40. The summed E-state index contributed by atoms with van der Waals surface area (Å²) in [4.78, 5) is 17.4. The van der Waals surface area contributed by atoms with Gasteiger partial charge in [-0.3, -0.25) is 4.79 Å². The quantitative estimate of drug-likeness (QED) is 0.839. The highest BCUT2D eigenvalue weighted by Gasteiger charge is 2.28. The van der Waals surface area contributed by atoms with Crippen LogP contribution in [0.15, 0.2) is 29.3 Å². The second-order valence-electron chi connectivity index (χ2n) is 6.14. The Morgan fingerprint density at radius 2 is 2.08 bits per heavy atom. The van der Waals surface area contributed by atoms with Crippen molar-refractivity contribution in [3.63, 3.8) is 0 Å². The van der Waals surface area contributed by atoms with Crippen molar-refractivity contribution in [3.8, 4) is 6.07 Å². The molecular formula is C19H19N3OS. The number of pyridine rings is 1. The summed E-state index contributed by atoms with van der Waals surface area (Å²) >= 11 is 1.41. The van der Waals surface area contributed by atoms with Gasteiger partial charge in [0.15, 0.2) is 0 Å². The Kier molecular flexibility index (Phi) is 4.59. The molecule has 3 rings (SSSR count). The molecule has 0 atom stereocenters. The summed E-state index contributed by atoms with van der Waals surface area (Å²) in [7, 11) is 0. The Hall–Kier alpha value is -2.32. The fraction of sp³-hybridized carbons (Fsp3) is 0.316. The van der Waals surface area contributed by atoms with Crippen molar-refractivity contribution in [1.29, 1.82) is 5.26 Å². The van der Waals surface area contributed by atoms with Crippen LogP contribution in [0.3, 0.4) is 0 Å². The average Bonchev–Trinajstić information content (AvgIpc) is 3.41. The lowest BCUT2D eigenvalue weighted by molar-refractivity contribution is 0.102. The van der Waals surface area contributed by atoms with E-state index in [0.717, 1.165) is 35.3 Å². The Balaban J connectivity index is 2.00. The maximum atomic E-state index is 12.8. The number of nitrogens with one attached hydrogen (secondary N) is 1. The monoisotopic (exact) mass is 337 g/mol. The second kappa shape index (κ2) is 6.66. The number of thioether (sulfide) groups is 1. The Morgan fingerprint density at radius 1 is 1.33 bits per heavy atom. The molecule has 0 saturated heterocycles. The van der Waals surface area contributed by atoms with Gasteiger partial charge in [-0.1, -0.05) is 12.1 Å². The first-order valence-corrected chi connectivity index (χ1v) is 9.13. The molecule has 0 radical (unpaired) electrons. The molecule has 1 fully saturated rings. The summed E-state index contributed by atoms with van der Waals surface area (Å²) < 4.78 is 0. The number of rotatable bonds is 4. The van der Waals surface area contributed by atoms with E-state index < -0.39 is 0 Å². The van der Waals surface area contributed by atoms with E-state index in [1.54, 1.807) is 6.07 Å². The third-order valence-corrected chi connectivity index (χ3v) is 4.87. The van der Waals surface area contributed by atoms with Gasteiger partial charge >= 0.3 is 0 Å². The summed E-state index contributed by atoms with van der Waals surface area (Å²) in [5.74, 6) is 0.177. The normalized spacial score (nSPS) is 13.4. The molecule has 1 N–H and O–H groups in total. The predicted octanol–water partition coefficient (Wildman–Crippen LogP) is 4.42. The Bertz CT molecular complexity index is 850. The van der Waals surface area contributed by atoms with Gasteiger partial charge in [0.05, 0.1) is 11.1 Å². The fourth-order valence-corrected chi connectivity index (χ4v) is 3.18. The summed E-state index contributed by atoms with van der Waals surface area (Å²) in [5, 5.41) is 13.1. The van der Waals surface area contributed by atoms with Crippen LogP contribution in [0.1, 0.15) is 51.5 Å². The number of nitriles is 1. The zero-order chi connectivity index (χ0) is 17.3. The highest BCUT2D eigenvalue weighted by atomic mass is 32.2. The number of hydrogen-bond acceptors (Lipinski definition) is 4. The van der Waals surface area contributed by atoms with Crippen molar-refractivity contribution in [2.75, 3.05) is 11.6 Å². The minimum Gasteiger partial charge on any atom is -0.322 e. The van der Waals surface area contributed by atoms with Gasteiger partial charge in [-0.05, 0) is 56.2 Å². The molecular weight excluding hydrogens is 318 g/mol. The van der Waals surface area contributed by atoms with Crippen molar-refractivity contribution >= 4 is 23.4 Å². The third-order valence-electron chi connectivity index (χ3n) is 4.19. The number of nitrogens with zero attached hydrogens (tertiary/aromatic N) is 2. The molecule has 1 aromatic heterocycles. The summed E-state index contributed by atoms with van der Waals surface area (Å²) in [6.07, 6.45) is 4.09. The molecule has 1 amide bonds. The van der Waals surface area contributed by atoms with E-state index in [1.165, 1.54) is 11.8 Å². The molecule has 1 aliphatic carbocycles. The number of aryl methyl sites for hydroxylation is 2. The maximum Gasteiger partial charge on any atom is 0.257 e. The molecule has 4 nitrogen and oxygen atoms in total. The van der Waals surface area contributed by atoms with Gasteiger partial charge in [0.1, 0.15) is 11.1 Å². The highest BCUT2D eigenvalue weighted by molar-refractivity contribution is 7.98. The number of carbonyl (C=O) groups is 1. The number of amides is 1. The van der Waals surface area contributed by atoms with Gasteiger partial charge in [-0.2, -0.15) is 5.26 Å². The van der Waals surface area contributed by atoms with E-state index in [-0.39, 0.29) is 5.91 Å². The molecule has 5 heteroatoms. The molecule has 0 unspecified atom stereocenters. The topological polar surface area (TPSA) is 65.8 Å². The molecule has 0 spiro atoms. The largest absolute Gasteiger partial charge is 0.322 e. The van der Waals surface area contributed by atoms with Gasteiger partial charge in [-0.25, -0.2) is 4.98 Å². The molecule has 1 saturated carbocycles. The minimum atomic E-state index is -0.250. The van der Waals surface area contributed by atoms with Crippen LogP contribution in [0.4, 0.5) is 5.69 Å². The number of anilines is 1. The van der Waals surface area contributed by atoms with Crippen LogP contribution in [0, 0.1) is 25.2 Å². The van der Waals surface area contributed by atoms with E-state index in [2.05, 4.69) is 16.4 Å². The smallest absolute Gasteiger partial charge is 0.257 e. The Labute approximate surface area is 146 Å². The number of carbonyl (C=O) groups excluding carboxylic acids is 1. The number of hydrogen-bond donors (Lipinski definition) is 1. The third kappa shape index (κ3) is 3.29. The van der Waals surface area contributed by atoms with Crippen LogP contribution < -0.4 is 5.32 Å². The van der Waals surface area contributed by atoms with Gasteiger partial charge < -0.3 is 5.32 Å². The fourth-order valence-electron chi connectivity index (χ4n) is 2.62. The van der Waals surface area contributed by atoms with E-state index in [0.29, 0.717) is 22.1 Å². The van der Waals surface area contributed by atoms with E-state index in [9.17, 15) is 10.1 Å². The van der Waals surface area contributed by atoms with Crippen LogP contribution in [0.5, 0.6) is 0 Å². The predicted molar refractivity (Wildman–Crippen MR) is 96.6 cm³/mol. The first-order valence-electron chi connectivity index (χ1n) is 7.91. The van der Waals surface area contributed by atoms with E-state index in [1.807, 2.05) is 38.3 Å². The van der Waals surface area contributed by atoms with Gasteiger partial charge in [-0.15, -0.1) is 11.8 Å². The SMILES string of the molecule is CSc1nc(C2CC2)cc(C(=O)Nc2cc(C)ccc2C)c1C#N. The van der Waals surface area contributed by atoms with Crippen molar-refractivity contribution in [3.05, 3.63) is 52.2 Å². The molecule has 1 aromatic carbocycles. The second-order valence-corrected chi connectivity index (χ2v) is 6.93. The maximum absolute atomic E-state index is 12.8. The van der Waals surface area contributed by atoms with Crippen LogP contribution in [-0.2, 0) is 0 Å². The summed E-state index contributed by atoms with van der Waals surface area (Å²) in [6, 6.07) is 9.87. The first kappa shape index (κ1) is 16.5. The lowest BCUT2D eigenvalue weighted by Crippen LogP contribution is -2.16. The van der Waals surface area contributed by atoms with Crippen molar-refractivity contribution in [2.24, 2.45) is 0 Å². The molecule has 1 aliphatic rings. The van der Waals surface area contributed by atoms with E-state index >= 15 is 0 Å². The van der Waals surface area contributed by atoms with E-state index in [4.69, 9.17) is 0 Å². The van der Waals surface area contributed by atoms with Gasteiger partial charge in [0, 0.05) is 17.3 Å². The minimum absolute atomic E-state index is 0.250. The number of benzene rings is 1. The van der Waals surface area contributed by atoms with Crippen molar-refractivity contribution in [2.45, 2.75) is 37.6 Å². The van der Waals surface area contributed by atoms with Gasteiger partial charge in [0.2, 0.25) is 0 Å². The van der Waals surface area contributed by atoms with Crippen LogP contribution in [0.2, 0.25) is 0 Å². The first-order chi connectivity index (χ1) is 11.5. The Morgan fingerprint density at radius 3 is 2.71 bits per heavy atom. The summed E-state index contributed by atoms with van der Waals surface area (Å²) in [5.41, 5.74) is 4.54. The molecule has 24 heavy (non-hydrogen) atoms. The standard InChI is InChI=1S/C19H19N3OS/c1-11-4-5-12(2)16(8-11)21-18(23)14-9-17(13-6-7-13)22-19(24-3)15(14)10-20/h4-5,8-9,13H,6-7H2,1-3H3,(H,21,23). The average molecular weight is 337 g/mol.